The summed E-state index contributed by atoms with van der Waals surface area (Å²) in [5, 5.41) is 13.1. The predicted molar refractivity (Wildman–Crippen MR) is 93.5 cm³/mol. The molecule has 1 aliphatic rings. The Labute approximate surface area is 145 Å². The number of aliphatic hydroxyl groups is 1. The average Bonchev–Trinajstić information content (AvgIpc) is 2.58. The summed E-state index contributed by atoms with van der Waals surface area (Å²) in [6, 6.07) is 5.99. The van der Waals surface area contributed by atoms with Crippen molar-refractivity contribution in [2.45, 2.75) is 57.3 Å². The Morgan fingerprint density at radius 3 is 2.67 bits per heavy atom. The molecule has 1 aromatic rings. The average molecular weight is 338 g/mol. The Balaban J connectivity index is 1.82. The molecule has 0 unspecified atom stereocenters. The van der Waals surface area contributed by atoms with Gasteiger partial charge in [-0.05, 0) is 38.0 Å². The van der Waals surface area contributed by atoms with Crippen LogP contribution in [0, 0.1) is 0 Å². The Kier molecular flexibility index (Phi) is 6.49. The smallest absolute Gasteiger partial charge is 0.161 e. The van der Waals surface area contributed by atoms with Crippen LogP contribution >= 0.6 is 0 Å². The zero-order valence-corrected chi connectivity index (χ0v) is 15.4. The molecule has 0 aromatic heterocycles. The van der Waals surface area contributed by atoms with Gasteiger partial charge in [0.05, 0.1) is 38.6 Å². The first kappa shape index (κ1) is 19.0. The molecule has 1 aliphatic heterocycles. The fourth-order valence-corrected chi connectivity index (χ4v) is 3.41. The van der Waals surface area contributed by atoms with Gasteiger partial charge in [0.25, 0.3) is 0 Å². The standard InChI is InChI=1S/C19H31NO4/c1-5-18(2)14-19(21,9-11-24-18)8-10-20-13-15-6-7-16(22-3)17(12-15)23-4/h6-7,12,20-21H,5,8-11,13-14H2,1-4H3/p+1/t18-,19-/m0/s1. The lowest BCUT2D eigenvalue weighted by molar-refractivity contribution is -0.672. The maximum Gasteiger partial charge on any atom is 0.161 e. The molecule has 2 rings (SSSR count). The summed E-state index contributed by atoms with van der Waals surface area (Å²) in [7, 11) is 3.29. The van der Waals surface area contributed by atoms with Crippen molar-refractivity contribution in [3.05, 3.63) is 23.8 Å². The molecule has 136 valence electrons. The first-order chi connectivity index (χ1) is 11.4. The SMILES string of the molecule is CC[C@@]1(C)C[C@](O)(CC[NH2+]Cc2ccc(OC)c(OC)c2)CCO1. The lowest BCUT2D eigenvalue weighted by atomic mass is 9.80. The van der Waals surface area contributed by atoms with E-state index in [4.69, 9.17) is 14.2 Å². The number of hydrogen-bond acceptors (Lipinski definition) is 4. The number of nitrogens with two attached hydrogens (primary N) is 1. The minimum absolute atomic E-state index is 0.184. The molecule has 1 fully saturated rings. The third-order valence-electron chi connectivity index (χ3n) is 5.11. The van der Waals surface area contributed by atoms with Gasteiger partial charge >= 0.3 is 0 Å². The van der Waals surface area contributed by atoms with Crippen LogP contribution in [0.2, 0.25) is 0 Å². The van der Waals surface area contributed by atoms with Gasteiger partial charge in [-0.15, -0.1) is 0 Å². The minimum Gasteiger partial charge on any atom is -0.493 e. The summed E-state index contributed by atoms with van der Waals surface area (Å²) in [5.41, 5.74) is 0.401. The maximum atomic E-state index is 10.8. The van der Waals surface area contributed by atoms with Crippen molar-refractivity contribution in [3.8, 4) is 11.5 Å². The van der Waals surface area contributed by atoms with Crippen molar-refractivity contribution < 1.29 is 24.6 Å². The van der Waals surface area contributed by atoms with Crippen LogP contribution in [0.25, 0.3) is 0 Å². The van der Waals surface area contributed by atoms with E-state index in [9.17, 15) is 5.11 Å². The van der Waals surface area contributed by atoms with Gasteiger partial charge in [-0.3, -0.25) is 0 Å². The van der Waals surface area contributed by atoms with Gasteiger partial charge in [0.2, 0.25) is 0 Å². The molecule has 5 heteroatoms. The molecular formula is C19H32NO4+. The molecule has 1 heterocycles. The highest BCUT2D eigenvalue weighted by Gasteiger charge is 2.41. The van der Waals surface area contributed by atoms with E-state index in [1.807, 2.05) is 12.1 Å². The normalized spacial score (nSPS) is 27.0. The first-order valence-electron chi connectivity index (χ1n) is 8.82. The van der Waals surface area contributed by atoms with Crippen LogP contribution in [0.5, 0.6) is 11.5 Å². The molecule has 1 saturated heterocycles. The van der Waals surface area contributed by atoms with Crippen molar-refractivity contribution in [1.82, 2.24) is 0 Å². The summed E-state index contributed by atoms with van der Waals surface area (Å²) < 4.78 is 16.4. The number of methoxy groups -OCH3 is 2. The zero-order valence-electron chi connectivity index (χ0n) is 15.4. The highest BCUT2D eigenvalue weighted by Crippen LogP contribution is 2.36. The molecule has 0 aliphatic carbocycles. The molecular weight excluding hydrogens is 306 g/mol. The van der Waals surface area contributed by atoms with Crippen LogP contribution in [0.15, 0.2) is 18.2 Å². The summed E-state index contributed by atoms with van der Waals surface area (Å²) >= 11 is 0. The van der Waals surface area contributed by atoms with Crippen molar-refractivity contribution in [3.63, 3.8) is 0 Å². The number of benzene rings is 1. The van der Waals surface area contributed by atoms with Crippen molar-refractivity contribution in [2.24, 2.45) is 0 Å². The Hall–Kier alpha value is -1.30. The Morgan fingerprint density at radius 2 is 2.00 bits per heavy atom. The highest BCUT2D eigenvalue weighted by atomic mass is 16.5. The lowest BCUT2D eigenvalue weighted by Gasteiger charge is -2.42. The van der Waals surface area contributed by atoms with E-state index < -0.39 is 5.60 Å². The molecule has 1 aromatic carbocycles. The third kappa shape index (κ3) is 4.85. The van der Waals surface area contributed by atoms with Crippen LogP contribution in [0.1, 0.15) is 45.1 Å². The zero-order chi connectivity index (χ0) is 17.6. The largest absolute Gasteiger partial charge is 0.493 e. The van der Waals surface area contributed by atoms with Crippen LogP contribution in [0.4, 0.5) is 0 Å². The second-order valence-corrected chi connectivity index (χ2v) is 7.02. The van der Waals surface area contributed by atoms with Crippen molar-refractivity contribution >= 4 is 0 Å². The molecule has 0 bridgehead atoms. The molecule has 2 atom stereocenters. The summed E-state index contributed by atoms with van der Waals surface area (Å²) in [5.74, 6) is 1.50. The number of hydrogen-bond donors (Lipinski definition) is 2. The highest BCUT2D eigenvalue weighted by molar-refractivity contribution is 5.42. The van der Waals surface area contributed by atoms with Crippen LogP contribution in [0.3, 0.4) is 0 Å². The fraction of sp³-hybridized carbons (Fsp3) is 0.684. The van der Waals surface area contributed by atoms with E-state index in [1.165, 1.54) is 5.56 Å². The summed E-state index contributed by atoms with van der Waals surface area (Å²) in [4.78, 5) is 0. The number of ether oxygens (including phenoxy) is 3. The maximum absolute atomic E-state index is 10.8. The molecule has 3 N–H and O–H groups in total. The van der Waals surface area contributed by atoms with Crippen LogP contribution in [-0.4, -0.2) is 43.7 Å². The molecule has 0 spiro atoms. The van der Waals surface area contributed by atoms with E-state index in [1.54, 1.807) is 14.2 Å². The lowest BCUT2D eigenvalue weighted by Crippen LogP contribution is -2.83. The van der Waals surface area contributed by atoms with E-state index in [-0.39, 0.29) is 5.60 Å². The van der Waals surface area contributed by atoms with E-state index in [0.717, 1.165) is 50.3 Å². The fourth-order valence-electron chi connectivity index (χ4n) is 3.41. The second kappa shape index (κ2) is 8.19. The first-order valence-corrected chi connectivity index (χ1v) is 8.82. The monoisotopic (exact) mass is 338 g/mol. The van der Waals surface area contributed by atoms with Crippen LogP contribution < -0.4 is 14.8 Å². The third-order valence-corrected chi connectivity index (χ3v) is 5.11. The van der Waals surface area contributed by atoms with Crippen LogP contribution in [-0.2, 0) is 11.3 Å². The van der Waals surface area contributed by atoms with Gasteiger partial charge in [-0.2, -0.15) is 0 Å². The van der Waals surface area contributed by atoms with Gasteiger partial charge in [0.15, 0.2) is 11.5 Å². The molecule has 0 saturated carbocycles. The van der Waals surface area contributed by atoms with E-state index >= 15 is 0 Å². The molecule has 0 radical (unpaired) electrons. The second-order valence-electron chi connectivity index (χ2n) is 7.02. The number of rotatable bonds is 8. The van der Waals surface area contributed by atoms with E-state index in [0.29, 0.717) is 6.61 Å². The quantitative estimate of drug-likeness (QED) is 0.710. The van der Waals surface area contributed by atoms with Gasteiger partial charge in [0, 0.05) is 18.4 Å². The van der Waals surface area contributed by atoms with E-state index in [2.05, 4.69) is 25.2 Å². The van der Waals surface area contributed by atoms with Crippen molar-refractivity contribution in [2.75, 3.05) is 27.4 Å². The Morgan fingerprint density at radius 1 is 1.25 bits per heavy atom. The van der Waals surface area contributed by atoms with Gasteiger partial charge in [-0.25, -0.2) is 0 Å². The van der Waals surface area contributed by atoms with Gasteiger partial charge in [-0.1, -0.05) is 6.92 Å². The topological polar surface area (TPSA) is 64.5 Å². The Bertz CT molecular complexity index is 536. The predicted octanol–water partition coefficient (Wildman–Crippen LogP) is 1.87. The summed E-state index contributed by atoms with van der Waals surface area (Å²) in [6.07, 6.45) is 3.18. The molecule has 0 amide bonds. The summed E-state index contributed by atoms with van der Waals surface area (Å²) in [6.45, 7) is 6.62. The van der Waals surface area contributed by atoms with Crippen molar-refractivity contribution in [1.29, 1.82) is 0 Å². The minimum atomic E-state index is -0.600. The molecule has 5 nitrogen and oxygen atoms in total. The number of quaternary nitrogens is 1. The van der Waals surface area contributed by atoms with Gasteiger partial charge in [0.1, 0.15) is 6.54 Å². The molecule has 24 heavy (non-hydrogen) atoms. The van der Waals surface area contributed by atoms with Gasteiger partial charge < -0.3 is 24.6 Å².